The molecule has 0 bridgehead atoms. The van der Waals surface area contributed by atoms with Gasteiger partial charge in [-0.25, -0.2) is 0 Å². The molecule has 0 saturated carbocycles. The lowest BCUT2D eigenvalue weighted by Crippen LogP contribution is -2.20. The van der Waals surface area contributed by atoms with Gasteiger partial charge in [0.05, 0.1) is 26.1 Å². The summed E-state index contributed by atoms with van der Waals surface area (Å²) < 4.78 is 16.1. The van der Waals surface area contributed by atoms with Crippen LogP contribution < -0.4 is 9.47 Å². The minimum atomic E-state index is -0.501. The third kappa shape index (κ3) is 8.31. The minimum absolute atomic E-state index is 0.256. The third-order valence-corrected chi connectivity index (χ3v) is 4.40. The van der Waals surface area contributed by atoms with Gasteiger partial charge in [-0.15, -0.1) is 0 Å². The summed E-state index contributed by atoms with van der Waals surface area (Å²) >= 11 is 1.72. The molecule has 1 atom stereocenters. The first-order valence-electron chi connectivity index (χ1n) is 8.13. The van der Waals surface area contributed by atoms with E-state index in [2.05, 4.69) is 6.58 Å². The van der Waals surface area contributed by atoms with Gasteiger partial charge in [0, 0.05) is 5.75 Å². The van der Waals surface area contributed by atoms with Crippen LogP contribution in [0.15, 0.2) is 37.1 Å². The molecule has 0 spiro atoms. The lowest BCUT2D eigenvalue weighted by atomic mass is 10.2. The summed E-state index contributed by atoms with van der Waals surface area (Å²) in [5, 5.41) is 10.0. The summed E-state index contributed by atoms with van der Waals surface area (Å²) in [6, 6.07) is 5.75. The van der Waals surface area contributed by atoms with Crippen molar-refractivity contribution < 1.29 is 19.3 Å². The molecule has 24 heavy (non-hydrogen) atoms. The molecule has 0 aromatic heterocycles. The van der Waals surface area contributed by atoms with E-state index in [0.29, 0.717) is 23.9 Å². The van der Waals surface area contributed by atoms with Crippen LogP contribution in [0.2, 0.25) is 0 Å². The highest BCUT2D eigenvalue weighted by molar-refractivity contribution is 7.99. The van der Waals surface area contributed by atoms with Crippen LogP contribution in [0.5, 0.6) is 11.5 Å². The van der Waals surface area contributed by atoms with Gasteiger partial charge in [0.1, 0.15) is 6.61 Å². The number of aliphatic hydroxyl groups excluding tert-OH is 1. The van der Waals surface area contributed by atoms with Crippen LogP contribution in [-0.2, 0) is 4.74 Å². The summed E-state index contributed by atoms with van der Waals surface area (Å²) in [5.74, 6) is 2.98. The van der Waals surface area contributed by atoms with E-state index in [1.165, 1.54) is 6.26 Å². The maximum atomic E-state index is 10.0. The monoisotopic (exact) mass is 352 g/mol. The van der Waals surface area contributed by atoms with Crippen LogP contribution in [0.25, 0.3) is 6.08 Å². The smallest absolute Gasteiger partial charge is 0.161 e. The number of thioether (sulfide) groups is 1. The van der Waals surface area contributed by atoms with Crippen LogP contribution in [0, 0.1) is 0 Å². The van der Waals surface area contributed by atoms with Crippen molar-refractivity contribution >= 4 is 17.8 Å². The highest BCUT2D eigenvalue weighted by Crippen LogP contribution is 2.28. The van der Waals surface area contributed by atoms with Crippen molar-refractivity contribution in [2.45, 2.75) is 25.9 Å². The predicted octanol–water partition coefficient (Wildman–Crippen LogP) is 4.14. The van der Waals surface area contributed by atoms with Crippen LogP contribution in [-0.4, -0.2) is 43.0 Å². The van der Waals surface area contributed by atoms with Crippen molar-refractivity contribution in [3.05, 3.63) is 42.7 Å². The third-order valence-electron chi connectivity index (χ3n) is 3.21. The van der Waals surface area contributed by atoms with Crippen LogP contribution in [0.4, 0.5) is 0 Å². The van der Waals surface area contributed by atoms with Gasteiger partial charge in [0.2, 0.25) is 0 Å². The number of methoxy groups -OCH3 is 1. The van der Waals surface area contributed by atoms with E-state index in [0.717, 1.165) is 24.2 Å². The number of hydrogen-bond acceptors (Lipinski definition) is 5. The Labute approximate surface area is 149 Å². The fourth-order valence-electron chi connectivity index (χ4n) is 2.03. The van der Waals surface area contributed by atoms with Crippen LogP contribution in [0.3, 0.4) is 0 Å². The molecular formula is C19H28O4S. The first-order valence-corrected chi connectivity index (χ1v) is 9.28. The molecular weight excluding hydrogens is 324 g/mol. The molecule has 1 unspecified atom stereocenters. The first-order chi connectivity index (χ1) is 11.7. The van der Waals surface area contributed by atoms with Crippen molar-refractivity contribution in [2.24, 2.45) is 0 Å². The second kappa shape index (κ2) is 12.8. The van der Waals surface area contributed by atoms with E-state index >= 15 is 0 Å². The van der Waals surface area contributed by atoms with Gasteiger partial charge in [0.15, 0.2) is 11.5 Å². The number of rotatable bonds is 13. The van der Waals surface area contributed by atoms with Gasteiger partial charge in [-0.3, -0.25) is 0 Å². The fourth-order valence-corrected chi connectivity index (χ4v) is 2.97. The van der Waals surface area contributed by atoms with E-state index in [-0.39, 0.29) is 6.61 Å². The van der Waals surface area contributed by atoms with Gasteiger partial charge < -0.3 is 19.3 Å². The van der Waals surface area contributed by atoms with Crippen LogP contribution in [0.1, 0.15) is 25.3 Å². The van der Waals surface area contributed by atoms with E-state index in [4.69, 9.17) is 14.2 Å². The summed E-state index contributed by atoms with van der Waals surface area (Å²) in [4.78, 5) is 0. The molecule has 0 amide bonds. The Balaban J connectivity index is 2.28. The molecule has 0 fully saturated rings. The zero-order chi connectivity index (χ0) is 17.6. The zero-order valence-corrected chi connectivity index (χ0v) is 15.4. The lowest BCUT2D eigenvalue weighted by Gasteiger charge is -2.14. The van der Waals surface area contributed by atoms with Crippen molar-refractivity contribution in [3.8, 4) is 11.5 Å². The van der Waals surface area contributed by atoms with Crippen molar-refractivity contribution in [1.29, 1.82) is 0 Å². The predicted molar refractivity (Wildman–Crippen MR) is 102 cm³/mol. The molecule has 0 heterocycles. The normalized spacial score (nSPS) is 12.1. The maximum absolute atomic E-state index is 10.0. The average molecular weight is 352 g/mol. The zero-order valence-electron chi connectivity index (χ0n) is 14.6. The van der Waals surface area contributed by atoms with Gasteiger partial charge >= 0.3 is 0 Å². The Morgan fingerprint density at radius 3 is 2.83 bits per heavy atom. The second-order valence-corrected chi connectivity index (χ2v) is 6.34. The molecule has 5 heteroatoms. The number of aliphatic hydroxyl groups is 1. The number of unbranched alkanes of at least 4 members (excludes halogenated alkanes) is 1. The molecule has 1 aromatic carbocycles. The number of allylic oxidation sites excluding steroid dienone is 1. The van der Waals surface area contributed by atoms with E-state index in [1.54, 1.807) is 18.9 Å². The van der Waals surface area contributed by atoms with Gasteiger partial charge in [-0.05, 0) is 43.2 Å². The Hall–Kier alpha value is -1.59. The largest absolute Gasteiger partial charge is 0.502 e. The first kappa shape index (κ1) is 20.5. The van der Waals surface area contributed by atoms with Gasteiger partial charge in [-0.2, -0.15) is 11.8 Å². The van der Waals surface area contributed by atoms with Crippen molar-refractivity contribution in [1.82, 2.24) is 0 Å². The second-order valence-electron chi connectivity index (χ2n) is 5.19. The maximum Gasteiger partial charge on any atom is 0.161 e. The van der Waals surface area contributed by atoms with E-state index < -0.39 is 6.10 Å². The highest BCUT2D eigenvalue weighted by atomic mass is 32.2. The average Bonchev–Trinajstić information content (AvgIpc) is 2.60. The van der Waals surface area contributed by atoms with Crippen molar-refractivity contribution in [2.75, 3.05) is 31.8 Å². The molecule has 0 aliphatic heterocycles. The number of benzene rings is 1. The molecule has 0 aliphatic rings. The van der Waals surface area contributed by atoms with Crippen LogP contribution >= 0.6 is 11.8 Å². The quantitative estimate of drug-likeness (QED) is 0.427. The van der Waals surface area contributed by atoms with E-state index in [1.807, 2.05) is 37.3 Å². The lowest BCUT2D eigenvalue weighted by molar-refractivity contribution is 0.124. The Bertz CT molecular complexity index is 502. The summed E-state index contributed by atoms with van der Waals surface area (Å²) in [7, 11) is 1.62. The molecule has 0 aliphatic carbocycles. The number of hydrogen-bond donors (Lipinski definition) is 1. The summed E-state index contributed by atoms with van der Waals surface area (Å²) in [6.07, 6.45) is 7.00. The molecule has 1 aromatic rings. The summed E-state index contributed by atoms with van der Waals surface area (Å²) in [5.41, 5.74) is 1.05. The van der Waals surface area contributed by atoms with Gasteiger partial charge in [0.25, 0.3) is 0 Å². The Morgan fingerprint density at radius 2 is 2.12 bits per heavy atom. The Morgan fingerprint density at radius 1 is 1.29 bits per heavy atom. The van der Waals surface area contributed by atoms with Crippen molar-refractivity contribution in [3.63, 3.8) is 0 Å². The topological polar surface area (TPSA) is 47.9 Å². The number of ether oxygens (including phenoxy) is 3. The molecule has 134 valence electrons. The SMILES string of the molecule is C=COCCCCSCC(O)COc1ccc(/C=C/C)cc1OC. The Kier molecular flexibility index (Phi) is 10.9. The standard InChI is InChI=1S/C19H28O4S/c1-4-8-16-9-10-18(19(13-16)21-3)23-14-17(20)15-24-12-7-6-11-22-5-2/h4-5,8-10,13,17,20H,2,6-7,11-12,14-15H2,1,3H3/b8-4+. The molecule has 1 rings (SSSR count). The van der Waals surface area contributed by atoms with Gasteiger partial charge in [-0.1, -0.05) is 24.8 Å². The molecule has 0 saturated heterocycles. The molecule has 4 nitrogen and oxygen atoms in total. The molecule has 0 radical (unpaired) electrons. The fraction of sp³-hybridized carbons (Fsp3) is 0.474. The van der Waals surface area contributed by atoms with E-state index in [9.17, 15) is 5.11 Å². The summed E-state index contributed by atoms with van der Waals surface area (Å²) in [6.45, 7) is 6.44. The minimum Gasteiger partial charge on any atom is -0.502 e. The molecule has 1 N–H and O–H groups in total. The highest BCUT2D eigenvalue weighted by Gasteiger charge is 2.09.